The molecule has 98 valence electrons. The average Bonchev–Trinajstić information content (AvgIpc) is 2.25. The van der Waals surface area contributed by atoms with Crippen molar-refractivity contribution >= 4 is 13.1 Å². The number of carboxylic acid groups (broad SMARTS) is 1. The summed E-state index contributed by atoms with van der Waals surface area (Å²) in [4.78, 5) is 10.6. The summed E-state index contributed by atoms with van der Waals surface area (Å²) in [6.07, 6.45) is -0.0505. The minimum Gasteiger partial charge on any atom is -0.496 e. The zero-order valence-corrected chi connectivity index (χ0v) is 9.41. The Morgan fingerprint density at radius 3 is 2.67 bits per heavy atom. The Bertz CT molecular complexity index is 429. The molecule has 0 spiro atoms. The van der Waals surface area contributed by atoms with E-state index in [1.807, 2.05) is 0 Å². The molecule has 1 rings (SSSR count). The van der Waals surface area contributed by atoms with E-state index < -0.39 is 31.5 Å². The summed E-state index contributed by atoms with van der Waals surface area (Å²) >= 11 is 0. The maximum atomic E-state index is 13.2. The molecule has 18 heavy (non-hydrogen) atoms. The normalized spacial score (nSPS) is 12.0. The number of aliphatic carboxylic acids is 1. The van der Waals surface area contributed by atoms with Crippen molar-refractivity contribution in [3.05, 3.63) is 29.6 Å². The summed E-state index contributed by atoms with van der Waals surface area (Å²) in [5, 5.41) is 25.9. The molecular weight excluding hydrogens is 244 g/mol. The lowest BCUT2D eigenvalue weighted by atomic mass is 9.95. The van der Waals surface area contributed by atoms with Crippen LogP contribution in [0.2, 0.25) is 0 Å². The van der Waals surface area contributed by atoms with Gasteiger partial charge >= 0.3 is 13.1 Å². The molecule has 1 atom stereocenters. The second kappa shape index (κ2) is 6.34. The van der Waals surface area contributed by atoms with E-state index in [9.17, 15) is 9.18 Å². The molecule has 0 aromatic heterocycles. The van der Waals surface area contributed by atoms with Gasteiger partial charge in [0.25, 0.3) is 0 Å². The van der Waals surface area contributed by atoms with E-state index in [-0.39, 0.29) is 12.2 Å². The predicted molar refractivity (Wildman–Crippen MR) is 61.4 cm³/mol. The van der Waals surface area contributed by atoms with Gasteiger partial charge in [0.2, 0.25) is 0 Å². The maximum absolute atomic E-state index is 13.2. The summed E-state index contributed by atoms with van der Waals surface area (Å²) in [6, 6.07) is 2.46. The largest absolute Gasteiger partial charge is 0.496 e. The van der Waals surface area contributed by atoms with Crippen LogP contribution in [0.5, 0.6) is 5.75 Å². The predicted octanol–water partition coefficient (Wildman–Crippen LogP) is -0.829. The third-order valence-electron chi connectivity index (χ3n) is 2.10. The molecule has 1 aromatic carbocycles. The first-order chi connectivity index (χ1) is 8.38. The Morgan fingerprint density at radius 2 is 2.11 bits per heavy atom. The highest BCUT2D eigenvalue weighted by molar-refractivity contribution is 6.40. The van der Waals surface area contributed by atoms with E-state index in [4.69, 9.17) is 25.6 Å². The summed E-state index contributed by atoms with van der Waals surface area (Å²) in [6.45, 7) is -0.409. The topological polar surface area (TPSA) is 113 Å². The average molecular weight is 257 g/mol. The lowest BCUT2D eigenvalue weighted by Crippen LogP contribution is -2.32. The second-order valence-corrected chi connectivity index (χ2v) is 3.74. The minimum atomic E-state index is -1.67. The Morgan fingerprint density at radius 1 is 1.44 bits per heavy atom. The molecule has 1 aromatic rings. The molecule has 0 aliphatic carbocycles. The quantitative estimate of drug-likeness (QED) is 0.495. The maximum Gasteiger partial charge on any atom is 0.491 e. The molecule has 0 aliphatic heterocycles. The van der Waals surface area contributed by atoms with Crippen molar-refractivity contribution in [1.29, 1.82) is 0 Å². The Labute approximate surface area is 103 Å². The SMILES string of the molecule is NC(Cc1cc(F)cc(OCB(O)O)c1)C(=O)O. The van der Waals surface area contributed by atoms with Crippen molar-refractivity contribution in [2.75, 3.05) is 6.51 Å². The van der Waals surface area contributed by atoms with Crippen LogP contribution in [-0.4, -0.2) is 40.8 Å². The van der Waals surface area contributed by atoms with Gasteiger partial charge in [0.15, 0.2) is 0 Å². The molecule has 0 saturated carbocycles. The zero-order valence-electron chi connectivity index (χ0n) is 9.41. The van der Waals surface area contributed by atoms with E-state index in [1.54, 1.807) is 0 Å². The number of benzene rings is 1. The smallest absolute Gasteiger partial charge is 0.491 e. The highest BCUT2D eigenvalue weighted by Crippen LogP contribution is 2.17. The zero-order chi connectivity index (χ0) is 13.7. The number of nitrogens with two attached hydrogens (primary N) is 1. The van der Waals surface area contributed by atoms with Gasteiger partial charge in [-0.1, -0.05) is 0 Å². The fraction of sp³-hybridized carbons (Fsp3) is 0.300. The molecular formula is C10H13BFNO5. The van der Waals surface area contributed by atoms with Gasteiger partial charge in [0, 0.05) is 6.07 Å². The van der Waals surface area contributed by atoms with Crippen LogP contribution in [-0.2, 0) is 11.2 Å². The van der Waals surface area contributed by atoms with Gasteiger partial charge in [-0.3, -0.25) is 4.79 Å². The van der Waals surface area contributed by atoms with E-state index in [1.165, 1.54) is 6.07 Å². The molecule has 0 heterocycles. The summed E-state index contributed by atoms with van der Waals surface area (Å²) in [5.41, 5.74) is 5.68. The molecule has 8 heteroatoms. The number of hydrogen-bond donors (Lipinski definition) is 4. The molecule has 6 nitrogen and oxygen atoms in total. The van der Waals surface area contributed by atoms with Crippen LogP contribution < -0.4 is 10.5 Å². The number of carboxylic acids is 1. The summed E-state index contributed by atoms with van der Waals surface area (Å²) in [5.74, 6) is -1.73. The monoisotopic (exact) mass is 257 g/mol. The van der Waals surface area contributed by atoms with Crippen LogP contribution in [0.4, 0.5) is 4.39 Å². The number of rotatable bonds is 6. The highest BCUT2D eigenvalue weighted by atomic mass is 19.1. The van der Waals surface area contributed by atoms with Gasteiger partial charge in [0.1, 0.15) is 24.1 Å². The van der Waals surface area contributed by atoms with Gasteiger partial charge in [-0.05, 0) is 24.1 Å². The van der Waals surface area contributed by atoms with E-state index >= 15 is 0 Å². The van der Waals surface area contributed by atoms with Crippen molar-refractivity contribution in [1.82, 2.24) is 0 Å². The van der Waals surface area contributed by atoms with E-state index in [2.05, 4.69) is 0 Å². The number of hydrogen-bond acceptors (Lipinski definition) is 5. The Kier molecular flexibility index (Phi) is 5.08. The number of halogens is 1. The van der Waals surface area contributed by atoms with E-state index in [0.717, 1.165) is 12.1 Å². The molecule has 0 bridgehead atoms. The summed E-state index contributed by atoms with van der Waals surface area (Å²) < 4.78 is 18.1. The van der Waals surface area contributed by atoms with Gasteiger partial charge in [0.05, 0.1) is 0 Å². The van der Waals surface area contributed by atoms with Crippen molar-refractivity contribution in [2.24, 2.45) is 5.73 Å². The van der Waals surface area contributed by atoms with Crippen LogP contribution in [0.1, 0.15) is 5.56 Å². The Hall–Kier alpha value is -1.64. The number of carbonyl (C=O) groups is 1. The fourth-order valence-corrected chi connectivity index (χ4v) is 1.33. The lowest BCUT2D eigenvalue weighted by Gasteiger charge is -2.10. The van der Waals surface area contributed by atoms with Gasteiger partial charge in [-0.2, -0.15) is 0 Å². The van der Waals surface area contributed by atoms with Crippen molar-refractivity contribution < 1.29 is 29.1 Å². The Balaban J connectivity index is 2.77. The van der Waals surface area contributed by atoms with Gasteiger partial charge in [-0.15, -0.1) is 0 Å². The first-order valence-corrected chi connectivity index (χ1v) is 5.15. The molecule has 0 saturated heterocycles. The minimum absolute atomic E-state index is 0.0505. The van der Waals surface area contributed by atoms with Gasteiger partial charge in [-0.25, -0.2) is 4.39 Å². The number of ether oxygens (including phenoxy) is 1. The van der Waals surface area contributed by atoms with Crippen LogP contribution >= 0.6 is 0 Å². The molecule has 5 N–H and O–H groups in total. The molecule has 1 unspecified atom stereocenters. The van der Waals surface area contributed by atoms with Crippen molar-refractivity contribution in [2.45, 2.75) is 12.5 Å². The van der Waals surface area contributed by atoms with Crippen LogP contribution in [0.25, 0.3) is 0 Å². The molecule has 0 fully saturated rings. The molecule has 0 amide bonds. The van der Waals surface area contributed by atoms with Crippen molar-refractivity contribution in [3.8, 4) is 5.75 Å². The third-order valence-corrected chi connectivity index (χ3v) is 2.10. The standard InChI is InChI=1S/C10H13BFNO5/c12-7-1-6(3-9(13)10(14)15)2-8(4-7)18-5-11(16)17/h1-2,4,9,16-17H,3,5,13H2,(H,14,15). The fourth-order valence-electron chi connectivity index (χ4n) is 1.33. The lowest BCUT2D eigenvalue weighted by molar-refractivity contribution is -0.138. The van der Waals surface area contributed by atoms with E-state index in [0.29, 0.717) is 5.56 Å². The van der Waals surface area contributed by atoms with Crippen LogP contribution in [0.15, 0.2) is 18.2 Å². The third kappa shape index (κ3) is 4.70. The molecule has 0 aliphatic rings. The van der Waals surface area contributed by atoms with Gasteiger partial charge < -0.3 is 25.6 Å². The first-order valence-electron chi connectivity index (χ1n) is 5.15. The summed E-state index contributed by atoms with van der Waals surface area (Å²) in [7, 11) is -1.67. The van der Waals surface area contributed by atoms with Crippen LogP contribution in [0, 0.1) is 5.82 Å². The van der Waals surface area contributed by atoms with Crippen LogP contribution in [0.3, 0.4) is 0 Å². The first kappa shape index (κ1) is 14.4. The second-order valence-electron chi connectivity index (χ2n) is 3.74. The highest BCUT2D eigenvalue weighted by Gasteiger charge is 2.14. The van der Waals surface area contributed by atoms with Crippen molar-refractivity contribution in [3.63, 3.8) is 0 Å². The molecule has 0 radical (unpaired) electrons.